The number of aliphatic hydroxyl groups is 2. The number of hydrogen-bond acceptors (Lipinski definition) is 9. The van der Waals surface area contributed by atoms with Gasteiger partial charge in [0.1, 0.15) is 17.1 Å². The van der Waals surface area contributed by atoms with Gasteiger partial charge in [-0.1, -0.05) is 121 Å². The highest BCUT2D eigenvalue weighted by atomic mass is 32.2. The second-order valence-corrected chi connectivity index (χ2v) is 19.6. The van der Waals surface area contributed by atoms with Crippen LogP contribution in [-0.2, 0) is 9.57 Å². The summed E-state index contributed by atoms with van der Waals surface area (Å²) < 4.78 is 20.2. The van der Waals surface area contributed by atoms with Gasteiger partial charge in [-0.2, -0.15) is 11.8 Å². The van der Waals surface area contributed by atoms with Gasteiger partial charge in [-0.25, -0.2) is 4.79 Å². The largest absolute Gasteiger partial charge is 0.460 e. The fourth-order valence-electron chi connectivity index (χ4n) is 9.54. The molecule has 1 saturated carbocycles. The summed E-state index contributed by atoms with van der Waals surface area (Å²) in [5.74, 6) is 1.28. The minimum atomic E-state index is -1.01. The summed E-state index contributed by atoms with van der Waals surface area (Å²) in [6.45, 7) is 15.4. The van der Waals surface area contributed by atoms with Gasteiger partial charge in [0.05, 0.1) is 23.5 Å². The van der Waals surface area contributed by atoms with Crippen molar-refractivity contribution in [1.82, 2.24) is 5.32 Å². The van der Waals surface area contributed by atoms with Crippen molar-refractivity contribution in [2.75, 3.05) is 32.1 Å². The zero-order chi connectivity index (χ0) is 43.2. The average molecular weight is 855 g/mol. The molecule has 1 aromatic rings. The summed E-state index contributed by atoms with van der Waals surface area (Å²) in [6.07, 6.45) is 28.1. The summed E-state index contributed by atoms with van der Waals surface area (Å²) in [5.41, 5.74) is 2.58. The van der Waals surface area contributed by atoms with Gasteiger partial charge in [-0.15, -0.1) is 6.58 Å². The number of aliphatic hydroxyl groups excluding tert-OH is 2. The van der Waals surface area contributed by atoms with Gasteiger partial charge in [0.2, 0.25) is 5.79 Å². The summed E-state index contributed by atoms with van der Waals surface area (Å²) in [5, 5.41) is 27.4. The maximum atomic E-state index is 12.7. The van der Waals surface area contributed by atoms with E-state index in [2.05, 4.69) is 24.9 Å². The molecule has 1 amide bonds. The molecular weight excluding hydrogens is 773 g/mol. The molecule has 6 atom stereocenters. The van der Waals surface area contributed by atoms with E-state index in [-0.39, 0.29) is 42.1 Å². The fraction of sp³-hybridized carbons (Fsp3) is 0.760. The van der Waals surface area contributed by atoms with Gasteiger partial charge >= 0.3 is 6.09 Å². The lowest BCUT2D eigenvalue weighted by Crippen LogP contribution is -2.64. The number of nitrogens with zero attached hydrogens (tertiary/aromatic N) is 1. The molecule has 1 fully saturated rings. The molecule has 10 heteroatoms. The molecule has 0 spiro atoms. The highest BCUT2D eigenvalue weighted by molar-refractivity contribution is 8.00. The van der Waals surface area contributed by atoms with Crippen molar-refractivity contribution in [3.05, 3.63) is 48.1 Å². The Kier molecular flexibility index (Phi) is 22.4. The number of oxime groups is 1. The van der Waals surface area contributed by atoms with E-state index >= 15 is 0 Å². The molecule has 3 N–H and O–H groups in total. The van der Waals surface area contributed by atoms with Crippen LogP contribution in [0.15, 0.2) is 47.7 Å². The first kappa shape index (κ1) is 50.1. The van der Waals surface area contributed by atoms with Gasteiger partial charge in [0, 0.05) is 37.7 Å². The molecule has 60 heavy (non-hydrogen) atoms. The Hall–Kier alpha value is -2.53. The van der Waals surface area contributed by atoms with E-state index in [0.29, 0.717) is 25.3 Å². The molecule has 0 saturated heterocycles. The molecule has 0 aromatic heterocycles. The van der Waals surface area contributed by atoms with Crippen molar-refractivity contribution in [1.29, 1.82) is 0 Å². The van der Waals surface area contributed by atoms with Gasteiger partial charge in [0.25, 0.3) is 0 Å². The lowest BCUT2D eigenvalue weighted by molar-refractivity contribution is -0.223. The van der Waals surface area contributed by atoms with Crippen LogP contribution in [0.4, 0.5) is 4.79 Å². The van der Waals surface area contributed by atoms with E-state index in [9.17, 15) is 15.0 Å². The second-order valence-electron chi connectivity index (χ2n) is 18.3. The number of allylic oxidation sites excluding steroid dienone is 1. The Labute approximate surface area is 368 Å². The maximum absolute atomic E-state index is 12.7. The van der Waals surface area contributed by atoms with Crippen molar-refractivity contribution in [2.24, 2.45) is 22.9 Å². The third kappa shape index (κ3) is 15.1. The van der Waals surface area contributed by atoms with Gasteiger partial charge < -0.3 is 34.6 Å². The number of ether oxygens (including phenoxy) is 3. The predicted molar refractivity (Wildman–Crippen MR) is 248 cm³/mol. The van der Waals surface area contributed by atoms with E-state index < -0.39 is 17.5 Å². The lowest BCUT2D eigenvalue weighted by Gasteiger charge is -2.58. The van der Waals surface area contributed by atoms with Crippen LogP contribution in [0.25, 0.3) is 0 Å². The van der Waals surface area contributed by atoms with Crippen LogP contribution in [0.3, 0.4) is 0 Å². The van der Waals surface area contributed by atoms with E-state index in [1.165, 1.54) is 83.5 Å². The number of thioether (sulfide) groups is 1. The Balaban J connectivity index is 1.64. The third-order valence-corrected chi connectivity index (χ3v) is 13.8. The SMILES string of the molecule is C=CCO[C@@]12Oc3ccc(OC(=O)NCC)cc3[C@H]3[C@H](CCCCO)[C@@H](CCCCO)C=C(C(=NOC(C)(C)C)C[C@@H]1SCCCCCCCCCCCCCCCC)[C@H]32. The number of carbonyl (C=O) groups excluding carboxylic acids is 1. The molecule has 340 valence electrons. The van der Waals surface area contributed by atoms with Crippen LogP contribution in [0, 0.1) is 17.8 Å². The minimum absolute atomic E-state index is 0.0570. The van der Waals surface area contributed by atoms with E-state index in [4.69, 9.17) is 24.2 Å². The minimum Gasteiger partial charge on any atom is -0.460 e. The van der Waals surface area contributed by atoms with Crippen molar-refractivity contribution in [3.8, 4) is 11.5 Å². The van der Waals surface area contributed by atoms with E-state index in [1.807, 2.05) is 63.7 Å². The molecule has 1 heterocycles. The molecule has 4 rings (SSSR count). The topological polar surface area (TPSA) is 119 Å². The molecule has 1 aromatic carbocycles. The summed E-state index contributed by atoms with van der Waals surface area (Å²) in [4.78, 5) is 18.9. The number of unbranched alkanes of at least 4 members (excludes halogenated alkanes) is 15. The number of amides is 1. The smallest absolute Gasteiger partial charge is 0.412 e. The van der Waals surface area contributed by atoms with Crippen LogP contribution in [0.2, 0.25) is 0 Å². The lowest BCUT2D eigenvalue weighted by atomic mass is 9.56. The zero-order valence-electron chi connectivity index (χ0n) is 38.2. The second kappa shape index (κ2) is 26.8. The standard InChI is InChI=1S/C50H82N2O7S/c1-7-10-11-12-13-14-15-16-17-18-19-20-21-26-34-60-45-37-43(52-59-49(4,5)6)41-35-38(27-22-24-31-53)40(28-23-25-32-54)46-42-36-39(57-48(55)51-9-3)29-30-44(42)58-50(45,47(41)46)56-33-8-2/h8,29-30,35-36,38,40,45-47,53-54H,2,7,9-28,31-34,37H2,1,3-6H3,(H,51,55)/t38-,40+,45-,46+,47+,50+/m0/s1. The van der Waals surface area contributed by atoms with Gasteiger partial charge in [0.15, 0.2) is 0 Å². The van der Waals surface area contributed by atoms with Crippen molar-refractivity contribution in [2.45, 2.75) is 192 Å². The van der Waals surface area contributed by atoms with Crippen LogP contribution in [0.5, 0.6) is 11.5 Å². The van der Waals surface area contributed by atoms with Crippen molar-refractivity contribution in [3.63, 3.8) is 0 Å². The first-order valence-corrected chi connectivity index (χ1v) is 25.0. The summed E-state index contributed by atoms with van der Waals surface area (Å²) in [7, 11) is 0. The average Bonchev–Trinajstić information content (AvgIpc) is 3.22. The van der Waals surface area contributed by atoms with E-state index in [1.54, 1.807) is 0 Å². The van der Waals surface area contributed by atoms with Crippen LogP contribution in [-0.4, -0.2) is 70.8 Å². The molecule has 0 radical (unpaired) electrons. The molecule has 9 nitrogen and oxygen atoms in total. The fourth-order valence-corrected chi connectivity index (χ4v) is 11.0. The zero-order valence-corrected chi connectivity index (χ0v) is 39.0. The monoisotopic (exact) mass is 855 g/mol. The molecule has 2 aliphatic carbocycles. The Bertz CT molecular complexity index is 1480. The number of rotatable bonds is 30. The van der Waals surface area contributed by atoms with Crippen LogP contribution >= 0.6 is 11.8 Å². The molecule has 0 unspecified atom stereocenters. The van der Waals surface area contributed by atoms with Crippen molar-refractivity contribution >= 4 is 23.6 Å². The first-order valence-electron chi connectivity index (χ1n) is 24.0. The van der Waals surface area contributed by atoms with Crippen LogP contribution in [0.1, 0.15) is 181 Å². The molecule has 1 aliphatic heterocycles. The molecular formula is C50H82N2O7S. The molecule has 0 bridgehead atoms. The number of benzene rings is 1. The highest BCUT2D eigenvalue weighted by Gasteiger charge is 2.64. The number of hydrogen-bond donors (Lipinski definition) is 3. The van der Waals surface area contributed by atoms with Crippen molar-refractivity contribution < 1.29 is 34.1 Å². The Morgan fingerprint density at radius 2 is 1.55 bits per heavy atom. The number of carbonyl (C=O) groups is 1. The Morgan fingerprint density at radius 1 is 0.917 bits per heavy atom. The number of nitrogens with one attached hydrogen (secondary N) is 1. The molecule has 3 aliphatic rings. The predicted octanol–water partition coefficient (Wildman–Crippen LogP) is 12.4. The Morgan fingerprint density at radius 3 is 2.15 bits per heavy atom. The normalized spacial score (nSPS) is 23.9. The quantitative estimate of drug-likeness (QED) is 0.0398. The maximum Gasteiger partial charge on any atom is 0.412 e. The highest BCUT2D eigenvalue weighted by Crippen LogP contribution is 2.62. The first-order chi connectivity index (χ1) is 29.1. The third-order valence-electron chi connectivity index (χ3n) is 12.4. The van der Waals surface area contributed by atoms with Gasteiger partial charge in [-0.05, 0) is 101 Å². The van der Waals surface area contributed by atoms with Crippen LogP contribution < -0.4 is 14.8 Å². The van der Waals surface area contributed by atoms with Gasteiger partial charge in [-0.3, -0.25) is 0 Å². The van der Waals surface area contributed by atoms with E-state index in [0.717, 1.165) is 73.3 Å². The summed E-state index contributed by atoms with van der Waals surface area (Å²) >= 11 is 1.94. The summed E-state index contributed by atoms with van der Waals surface area (Å²) in [6, 6.07) is 5.76. The number of fused-ring (bicyclic) bond motifs is 2.